The molecule has 0 saturated heterocycles. The number of hydrogen-bond donors (Lipinski definition) is 0. The van der Waals surface area contributed by atoms with E-state index in [1.165, 1.54) is 56.3 Å². The normalized spacial score (nSPS) is 23.6. The second kappa shape index (κ2) is 7.11. The molecule has 2 aliphatic carbocycles. The number of benzene rings is 3. The summed E-state index contributed by atoms with van der Waals surface area (Å²) in [5, 5.41) is 1.42. The number of pyridine rings is 1. The number of aliphatic imine (C=N–C) groups is 1. The molecular formula is C32H30N2Si. The second-order valence-electron chi connectivity index (χ2n) is 11.5. The third kappa shape index (κ3) is 3.07. The van der Waals surface area contributed by atoms with Crippen molar-refractivity contribution < 1.29 is 0 Å². The van der Waals surface area contributed by atoms with E-state index in [9.17, 15) is 0 Å². The zero-order valence-electron chi connectivity index (χ0n) is 20.8. The van der Waals surface area contributed by atoms with Crippen LogP contribution < -0.4 is 5.19 Å². The van der Waals surface area contributed by atoms with Gasteiger partial charge in [-0.05, 0) is 58.5 Å². The van der Waals surface area contributed by atoms with Crippen molar-refractivity contribution in [1.29, 1.82) is 0 Å². The Morgan fingerprint density at radius 3 is 2.40 bits per heavy atom. The number of nitrogens with zero attached hydrogens (tertiary/aromatic N) is 2. The van der Waals surface area contributed by atoms with Gasteiger partial charge in [0.25, 0.3) is 0 Å². The molecule has 0 radical (unpaired) electrons. The standard InChI is InChI=1S/C32H30N2Si/c1-20-24-15-13-22(21-9-6-5-7-10-21)17-26(24)31(34-20)28-18-32(28)27-12-8-11-25(30(27)32)29-16-14-23(19-33-29)35(2,3)4/h5-17,19,28,31H,18H2,1-4H3. The van der Waals surface area contributed by atoms with Crippen LogP contribution in [0.25, 0.3) is 22.4 Å². The number of rotatable bonds is 4. The summed E-state index contributed by atoms with van der Waals surface area (Å²) >= 11 is 0. The van der Waals surface area contributed by atoms with E-state index in [0.29, 0.717) is 5.92 Å². The fourth-order valence-electron chi connectivity index (χ4n) is 6.38. The smallest absolute Gasteiger partial charge is 0.0799 e. The van der Waals surface area contributed by atoms with Crippen LogP contribution in [0.5, 0.6) is 0 Å². The average molecular weight is 471 g/mol. The van der Waals surface area contributed by atoms with E-state index in [1.54, 1.807) is 0 Å². The summed E-state index contributed by atoms with van der Waals surface area (Å²) in [7, 11) is -1.35. The third-order valence-electron chi connectivity index (χ3n) is 8.43. The molecule has 3 aliphatic rings. The maximum atomic E-state index is 5.22. The zero-order chi connectivity index (χ0) is 23.9. The fourth-order valence-corrected chi connectivity index (χ4v) is 7.41. The highest BCUT2D eigenvalue weighted by atomic mass is 28.3. The lowest BCUT2D eigenvalue weighted by molar-refractivity contribution is 0.616. The van der Waals surface area contributed by atoms with Gasteiger partial charge in [-0.3, -0.25) is 9.98 Å². The van der Waals surface area contributed by atoms with Gasteiger partial charge in [0, 0.05) is 34.4 Å². The van der Waals surface area contributed by atoms with Gasteiger partial charge in [-0.1, -0.05) is 86.4 Å². The highest BCUT2D eigenvalue weighted by Crippen LogP contribution is 2.76. The Bertz CT molecular complexity index is 1510. The summed E-state index contributed by atoms with van der Waals surface area (Å²) in [5.41, 5.74) is 12.2. The topological polar surface area (TPSA) is 25.2 Å². The van der Waals surface area contributed by atoms with Crippen molar-refractivity contribution in [2.45, 2.75) is 44.4 Å². The minimum atomic E-state index is -1.35. The van der Waals surface area contributed by atoms with Gasteiger partial charge < -0.3 is 0 Å². The lowest BCUT2D eigenvalue weighted by Crippen LogP contribution is -2.37. The van der Waals surface area contributed by atoms with Crippen molar-refractivity contribution in [3.63, 3.8) is 0 Å². The number of hydrogen-bond acceptors (Lipinski definition) is 2. The zero-order valence-corrected chi connectivity index (χ0v) is 21.8. The van der Waals surface area contributed by atoms with E-state index < -0.39 is 8.07 Å². The van der Waals surface area contributed by atoms with Crippen LogP contribution in [0.3, 0.4) is 0 Å². The van der Waals surface area contributed by atoms with Crippen LogP contribution in [0.4, 0.5) is 0 Å². The third-order valence-corrected chi connectivity index (χ3v) is 10.5. The van der Waals surface area contributed by atoms with Gasteiger partial charge in [0.1, 0.15) is 0 Å². The molecule has 3 aromatic carbocycles. The van der Waals surface area contributed by atoms with Crippen molar-refractivity contribution in [3.8, 4) is 22.4 Å². The maximum Gasteiger partial charge on any atom is 0.0799 e. The van der Waals surface area contributed by atoms with Crippen LogP contribution >= 0.6 is 0 Å². The minimum Gasteiger partial charge on any atom is -0.281 e. The lowest BCUT2D eigenvalue weighted by atomic mass is 9.93. The van der Waals surface area contributed by atoms with E-state index in [0.717, 1.165) is 5.69 Å². The van der Waals surface area contributed by atoms with Gasteiger partial charge in [0.05, 0.1) is 19.8 Å². The first-order valence-corrected chi connectivity index (χ1v) is 16.2. The van der Waals surface area contributed by atoms with E-state index in [2.05, 4.69) is 112 Å². The van der Waals surface area contributed by atoms with Crippen LogP contribution in [-0.4, -0.2) is 18.8 Å². The molecule has 3 heteroatoms. The molecule has 35 heavy (non-hydrogen) atoms. The summed E-state index contributed by atoms with van der Waals surface area (Å²) in [6, 6.07) is 29.2. The van der Waals surface area contributed by atoms with E-state index in [4.69, 9.17) is 9.98 Å². The Kier molecular flexibility index (Phi) is 4.27. The highest BCUT2D eigenvalue weighted by Gasteiger charge is 2.71. The molecule has 1 saturated carbocycles. The van der Waals surface area contributed by atoms with Crippen molar-refractivity contribution in [3.05, 3.63) is 107 Å². The molecule has 0 N–H and O–H groups in total. The molecule has 1 spiro atoms. The van der Waals surface area contributed by atoms with Crippen LogP contribution in [0.15, 0.2) is 90.1 Å². The summed E-state index contributed by atoms with van der Waals surface area (Å²) in [6.07, 6.45) is 3.31. The molecule has 2 nitrogen and oxygen atoms in total. The molecule has 1 fully saturated rings. The molecule has 1 aromatic heterocycles. The lowest BCUT2D eigenvalue weighted by Gasteiger charge is -2.16. The minimum absolute atomic E-state index is 0.205. The summed E-state index contributed by atoms with van der Waals surface area (Å²) in [5.74, 6) is 0.544. The van der Waals surface area contributed by atoms with Crippen LogP contribution in [0.2, 0.25) is 19.6 Å². The maximum absolute atomic E-state index is 5.22. The van der Waals surface area contributed by atoms with E-state index in [1.807, 2.05) is 0 Å². The molecule has 3 atom stereocenters. The van der Waals surface area contributed by atoms with E-state index in [-0.39, 0.29) is 11.5 Å². The molecular weight excluding hydrogens is 440 g/mol. The van der Waals surface area contributed by atoms with Crippen LogP contribution in [-0.2, 0) is 5.41 Å². The highest BCUT2D eigenvalue weighted by molar-refractivity contribution is 6.88. The summed E-state index contributed by atoms with van der Waals surface area (Å²) in [6.45, 7) is 9.31. The largest absolute Gasteiger partial charge is 0.281 e. The molecule has 1 aliphatic heterocycles. The molecule has 0 amide bonds. The Labute approximate surface area is 208 Å². The van der Waals surface area contributed by atoms with Gasteiger partial charge in [0.15, 0.2) is 0 Å². The first-order valence-electron chi connectivity index (χ1n) is 12.7. The second-order valence-corrected chi connectivity index (χ2v) is 16.6. The number of aromatic nitrogens is 1. The monoisotopic (exact) mass is 470 g/mol. The molecule has 3 unspecified atom stereocenters. The molecule has 4 aromatic rings. The Morgan fingerprint density at radius 1 is 0.829 bits per heavy atom. The van der Waals surface area contributed by atoms with Gasteiger partial charge >= 0.3 is 0 Å². The number of fused-ring (bicyclic) bond motifs is 4. The van der Waals surface area contributed by atoms with Gasteiger partial charge in [-0.15, -0.1) is 0 Å². The predicted molar refractivity (Wildman–Crippen MR) is 148 cm³/mol. The first-order chi connectivity index (χ1) is 16.9. The van der Waals surface area contributed by atoms with Crippen molar-refractivity contribution in [2.75, 3.05) is 0 Å². The van der Waals surface area contributed by atoms with Crippen LogP contribution in [0.1, 0.15) is 41.6 Å². The molecule has 0 bridgehead atoms. The predicted octanol–water partition coefficient (Wildman–Crippen LogP) is 7.14. The van der Waals surface area contributed by atoms with Crippen LogP contribution in [0, 0.1) is 5.92 Å². The Hall–Kier alpha value is -3.30. The van der Waals surface area contributed by atoms with Gasteiger partial charge in [-0.25, -0.2) is 0 Å². The molecule has 2 heterocycles. The van der Waals surface area contributed by atoms with Crippen molar-refractivity contribution in [1.82, 2.24) is 4.98 Å². The van der Waals surface area contributed by atoms with Crippen molar-refractivity contribution >= 4 is 19.0 Å². The Balaban J connectivity index is 1.22. The SMILES string of the molecule is CC1=NC(C2CC23c2cccc(-c4ccc([Si](C)(C)C)cn4)c23)c2cc(-c3ccccc3)ccc21. The van der Waals surface area contributed by atoms with Crippen molar-refractivity contribution in [2.24, 2.45) is 10.9 Å². The molecule has 172 valence electrons. The summed E-state index contributed by atoms with van der Waals surface area (Å²) < 4.78 is 0. The fraction of sp³-hybridized carbons (Fsp3) is 0.250. The summed E-state index contributed by atoms with van der Waals surface area (Å²) in [4.78, 5) is 10.1. The average Bonchev–Trinajstić information content (AvgIpc) is 3.74. The quantitative estimate of drug-likeness (QED) is 0.291. The van der Waals surface area contributed by atoms with Gasteiger partial charge in [0.2, 0.25) is 0 Å². The molecule has 7 rings (SSSR count). The van der Waals surface area contributed by atoms with Gasteiger partial charge in [-0.2, -0.15) is 0 Å². The Morgan fingerprint density at radius 2 is 1.66 bits per heavy atom. The van der Waals surface area contributed by atoms with E-state index >= 15 is 0 Å². The first kappa shape index (κ1) is 21.0.